The zero-order valence-corrected chi connectivity index (χ0v) is 17.4. The molecule has 5 nitrogen and oxygen atoms in total. The predicted molar refractivity (Wildman–Crippen MR) is 102 cm³/mol. The molecule has 0 aliphatic rings. The van der Waals surface area contributed by atoms with Crippen LogP contribution in [0.3, 0.4) is 0 Å². The van der Waals surface area contributed by atoms with E-state index in [1.807, 2.05) is 13.8 Å². The summed E-state index contributed by atoms with van der Waals surface area (Å²) < 4.78 is 19.9. The Morgan fingerprint density at radius 3 is 2.58 bits per heavy atom. The number of amides is 1. The molecule has 9 heteroatoms. The second-order valence-electron chi connectivity index (χ2n) is 5.80. The number of ether oxygens (including phenoxy) is 1. The van der Waals surface area contributed by atoms with Crippen molar-refractivity contribution in [1.29, 1.82) is 0 Å². The van der Waals surface area contributed by atoms with Crippen LogP contribution >= 0.6 is 39.1 Å². The zero-order valence-electron chi connectivity index (χ0n) is 14.3. The molecule has 2 rings (SSSR count). The largest absolute Gasteiger partial charge is 0.489 e. The first-order chi connectivity index (χ1) is 12.2. The van der Waals surface area contributed by atoms with Gasteiger partial charge in [0.2, 0.25) is 5.91 Å². The van der Waals surface area contributed by atoms with Gasteiger partial charge in [-0.1, -0.05) is 23.2 Å². The fourth-order valence-corrected chi connectivity index (χ4v) is 3.24. The van der Waals surface area contributed by atoms with Gasteiger partial charge in [-0.05, 0) is 42.8 Å². The molecule has 1 aromatic heterocycles. The van der Waals surface area contributed by atoms with Crippen LogP contribution in [0.1, 0.15) is 37.9 Å². The van der Waals surface area contributed by atoms with Crippen LogP contribution in [0, 0.1) is 5.82 Å². The van der Waals surface area contributed by atoms with Crippen molar-refractivity contribution >= 4 is 45.0 Å². The molecule has 140 valence electrons. The van der Waals surface area contributed by atoms with Crippen LogP contribution in [0.5, 0.6) is 5.75 Å². The molecule has 0 spiro atoms. The molecule has 1 aromatic carbocycles. The van der Waals surface area contributed by atoms with Crippen LogP contribution in [0.25, 0.3) is 0 Å². The summed E-state index contributed by atoms with van der Waals surface area (Å²) in [6.45, 7) is 5.41. The van der Waals surface area contributed by atoms with E-state index in [4.69, 9.17) is 27.9 Å². The Bertz CT molecular complexity index is 821. The third kappa shape index (κ3) is 4.84. The average Bonchev–Trinajstić information content (AvgIpc) is 2.60. The Hall–Kier alpha value is -1.44. The van der Waals surface area contributed by atoms with E-state index in [0.29, 0.717) is 11.3 Å². The van der Waals surface area contributed by atoms with Gasteiger partial charge in [-0.3, -0.25) is 9.78 Å². The van der Waals surface area contributed by atoms with E-state index in [1.165, 1.54) is 18.5 Å². The third-order valence-corrected chi connectivity index (χ3v) is 4.81. The Morgan fingerprint density at radius 1 is 1.31 bits per heavy atom. The summed E-state index contributed by atoms with van der Waals surface area (Å²) in [5.41, 5.74) is 0.923. The molecule has 0 bridgehead atoms. The molecule has 1 amide bonds. The topological polar surface area (TPSA) is 64.1 Å². The average molecular weight is 465 g/mol. The first-order valence-electron chi connectivity index (χ1n) is 7.79. The monoisotopic (exact) mass is 463 g/mol. The summed E-state index contributed by atoms with van der Waals surface area (Å²) in [6, 6.07) is 1.40. The first-order valence-corrected chi connectivity index (χ1v) is 9.34. The fraction of sp³-hybridized carbons (Fsp3) is 0.353. The fourth-order valence-electron chi connectivity index (χ4n) is 2.21. The lowest BCUT2D eigenvalue weighted by Crippen LogP contribution is -2.28. The molecular weight excluding hydrogens is 448 g/mol. The van der Waals surface area contributed by atoms with Gasteiger partial charge in [-0.15, -0.1) is 0 Å². The number of hydrogen-bond donors (Lipinski definition) is 1. The van der Waals surface area contributed by atoms with Crippen LogP contribution in [0.4, 0.5) is 4.39 Å². The van der Waals surface area contributed by atoms with Gasteiger partial charge >= 0.3 is 0 Å². The predicted octanol–water partition coefficient (Wildman–Crippen LogP) is 4.89. The zero-order chi connectivity index (χ0) is 19.4. The maximum atomic E-state index is 14.1. The van der Waals surface area contributed by atoms with E-state index in [-0.39, 0.29) is 39.0 Å². The highest BCUT2D eigenvalue weighted by Crippen LogP contribution is 2.40. The van der Waals surface area contributed by atoms with Crippen LogP contribution in [0.15, 0.2) is 22.9 Å². The smallest absolute Gasteiger partial charge is 0.227 e. The van der Waals surface area contributed by atoms with Crippen molar-refractivity contribution in [2.75, 3.05) is 0 Å². The van der Waals surface area contributed by atoms with Gasteiger partial charge in [0.05, 0.1) is 33.8 Å². The Morgan fingerprint density at radius 2 is 1.96 bits per heavy atom. The molecule has 26 heavy (non-hydrogen) atoms. The molecule has 0 saturated carbocycles. The SMILES string of the molecule is CC(C)Oc1c(C(C)C(=O)NCc2nccnc2Cl)cc(Cl)c(F)c1Br. The lowest BCUT2D eigenvalue weighted by Gasteiger charge is -2.21. The number of carbonyl (C=O) groups is 1. The van der Waals surface area contributed by atoms with Gasteiger partial charge in [-0.2, -0.15) is 0 Å². The second-order valence-corrected chi connectivity index (χ2v) is 7.36. The number of benzene rings is 1. The summed E-state index contributed by atoms with van der Waals surface area (Å²) in [5, 5.41) is 2.86. The van der Waals surface area contributed by atoms with Crippen LogP contribution < -0.4 is 10.1 Å². The minimum absolute atomic E-state index is 0.0883. The number of nitrogens with one attached hydrogen (secondary N) is 1. The molecule has 1 heterocycles. The van der Waals surface area contributed by atoms with Gasteiger partial charge in [-0.25, -0.2) is 9.37 Å². The molecule has 0 saturated heterocycles. The van der Waals surface area contributed by atoms with E-state index in [1.54, 1.807) is 6.92 Å². The third-order valence-electron chi connectivity index (χ3n) is 3.51. The van der Waals surface area contributed by atoms with E-state index in [2.05, 4.69) is 31.2 Å². The minimum Gasteiger partial charge on any atom is -0.489 e. The van der Waals surface area contributed by atoms with E-state index < -0.39 is 11.7 Å². The second kappa shape index (κ2) is 8.97. The molecule has 0 aliphatic heterocycles. The summed E-state index contributed by atoms with van der Waals surface area (Å²) in [5.74, 6) is -1.34. The van der Waals surface area contributed by atoms with Crippen molar-refractivity contribution in [1.82, 2.24) is 15.3 Å². The molecule has 1 atom stereocenters. The normalized spacial score (nSPS) is 12.2. The van der Waals surface area contributed by atoms with Gasteiger partial charge in [0.15, 0.2) is 11.0 Å². The maximum absolute atomic E-state index is 14.1. The summed E-state index contributed by atoms with van der Waals surface area (Å²) in [6.07, 6.45) is 2.74. The van der Waals surface area contributed by atoms with Crippen molar-refractivity contribution in [2.24, 2.45) is 0 Å². The molecule has 0 aliphatic carbocycles. The highest BCUT2D eigenvalue weighted by molar-refractivity contribution is 9.10. The molecule has 0 radical (unpaired) electrons. The van der Waals surface area contributed by atoms with E-state index in [0.717, 1.165) is 0 Å². The standard InChI is InChI=1S/C17H17BrCl2FN3O2/c1-8(2)26-15-10(6-11(19)14(21)13(15)18)9(3)17(25)24-7-12-16(20)23-5-4-22-12/h4-6,8-9H,7H2,1-3H3,(H,24,25). The molecule has 1 unspecified atom stereocenters. The van der Waals surface area contributed by atoms with E-state index >= 15 is 0 Å². The van der Waals surface area contributed by atoms with Crippen molar-refractivity contribution < 1.29 is 13.9 Å². The number of carbonyl (C=O) groups excluding carboxylic acids is 1. The van der Waals surface area contributed by atoms with Gasteiger partial charge < -0.3 is 10.1 Å². The lowest BCUT2D eigenvalue weighted by molar-refractivity contribution is -0.122. The highest BCUT2D eigenvalue weighted by atomic mass is 79.9. The lowest BCUT2D eigenvalue weighted by atomic mass is 9.99. The van der Waals surface area contributed by atoms with Gasteiger partial charge in [0.25, 0.3) is 0 Å². The Kier molecular flexibility index (Phi) is 7.20. The Labute approximate surface area is 169 Å². The molecule has 1 N–H and O–H groups in total. The molecular formula is C17H17BrCl2FN3O2. The van der Waals surface area contributed by atoms with E-state index in [9.17, 15) is 9.18 Å². The van der Waals surface area contributed by atoms with Gasteiger partial charge in [0.1, 0.15) is 5.75 Å². The number of rotatable bonds is 6. The quantitative estimate of drug-likeness (QED) is 0.618. The number of nitrogens with zero attached hydrogens (tertiary/aromatic N) is 2. The van der Waals surface area contributed by atoms with Crippen molar-refractivity contribution in [3.05, 3.63) is 50.2 Å². The van der Waals surface area contributed by atoms with Crippen molar-refractivity contribution in [3.8, 4) is 5.75 Å². The number of halogens is 4. The number of hydrogen-bond acceptors (Lipinski definition) is 4. The minimum atomic E-state index is -0.645. The molecule has 2 aromatic rings. The summed E-state index contributed by atoms with van der Waals surface area (Å²) >= 11 is 15.0. The maximum Gasteiger partial charge on any atom is 0.227 e. The Balaban J connectivity index is 2.26. The van der Waals surface area contributed by atoms with Crippen LogP contribution in [-0.4, -0.2) is 22.0 Å². The number of aromatic nitrogens is 2. The highest BCUT2D eigenvalue weighted by Gasteiger charge is 2.25. The first kappa shape index (κ1) is 20.9. The summed E-state index contributed by atoms with van der Waals surface area (Å²) in [4.78, 5) is 20.5. The summed E-state index contributed by atoms with van der Waals surface area (Å²) in [7, 11) is 0. The van der Waals surface area contributed by atoms with Crippen LogP contribution in [0.2, 0.25) is 10.2 Å². The van der Waals surface area contributed by atoms with Crippen molar-refractivity contribution in [3.63, 3.8) is 0 Å². The van der Waals surface area contributed by atoms with Gasteiger partial charge in [0, 0.05) is 18.0 Å². The van der Waals surface area contributed by atoms with Crippen LogP contribution in [-0.2, 0) is 11.3 Å². The van der Waals surface area contributed by atoms with Crippen molar-refractivity contribution in [2.45, 2.75) is 39.3 Å². The molecule has 0 fully saturated rings.